The summed E-state index contributed by atoms with van der Waals surface area (Å²) in [7, 11) is 0. The zero-order chi connectivity index (χ0) is 42.8. The van der Waals surface area contributed by atoms with Crippen molar-refractivity contribution in [3.8, 4) is 44.5 Å². The number of nitrogens with zero attached hydrogens (tertiary/aromatic N) is 1. The first-order valence-corrected chi connectivity index (χ1v) is 22.1. The van der Waals surface area contributed by atoms with Crippen LogP contribution in [-0.4, -0.2) is 0 Å². The molecule has 2 heterocycles. The smallest absolute Gasteiger partial charge is 0.143 e. The molecule has 0 bridgehead atoms. The third kappa shape index (κ3) is 6.20. The Kier molecular flexibility index (Phi) is 8.53. The minimum absolute atomic E-state index is 0.877. The van der Waals surface area contributed by atoms with Crippen molar-refractivity contribution in [2.24, 2.45) is 0 Å². The molecule has 304 valence electrons. The van der Waals surface area contributed by atoms with E-state index < -0.39 is 0 Å². The highest BCUT2D eigenvalue weighted by molar-refractivity contribution is 6.18. The molecule has 13 aromatic rings. The molecular formula is C62H39NO2. The molecule has 2 aromatic heterocycles. The van der Waals surface area contributed by atoms with Crippen LogP contribution in [0.2, 0.25) is 0 Å². The molecular weight excluding hydrogens is 791 g/mol. The van der Waals surface area contributed by atoms with Gasteiger partial charge in [-0.3, -0.25) is 0 Å². The molecule has 0 aliphatic heterocycles. The van der Waals surface area contributed by atoms with Crippen LogP contribution in [0.15, 0.2) is 245 Å². The highest BCUT2D eigenvalue weighted by Crippen LogP contribution is 2.46. The summed E-state index contributed by atoms with van der Waals surface area (Å²) < 4.78 is 13.4. The molecule has 0 aliphatic rings. The fourth-order valence-corrected chi connectivity index (χ4v) is 9.88. The Morgan fingerprint density at radius 3 is 1.60 bits per heavy atom. The van der Waals surface area contributed by atoms with E-state index in [1.54, 1.807) is 0 Å². The van der Waals surface area contributed by atoms with Crippen molar-refractivity contribution in [3.63, 3.8) is 0 Å². The largest absolute Gasteiger partial charge is 0.455 e. The molecule has 0 saturated heterocycles. The number of para-hydroxylation sites is 4. The standard InChI is InChI=1S/C62H39NO2/c1-2-14-44-39-47(27-26-40(44)12-1)46-16-9-15-45(38-46)41-28-33-48(34-29-41)63(49-35-30-43(31-36-49)51-20-10-22-55-53-19-6-8-25-59(53)64-60(51)55)58-24-7-5-18-52(58)54-21-11-23-56-57-37-32-42-13-3-4-17-50(42)61(57)65-62(54)56/h1-39H. The second-order valence-electron chi connectivity index (χ2n) is 16.8. The summed E-state index contributed by atoms with van der Waals surface area (Å²) in [6, 6.07) is 84.6. The molecule has 0 fully saturated rings. The zero-order valence-electron chi connectivity index (χ0n) is 35.3. The second-order valence-corrected chi connectivity index (χ2v) is 16.8. The molecule has 0 atom stereocenters. The molecule has 0 N–H and O–H groups in total. The Morgan fingerprint density at radius 1 is 0.262 bits per heavy atom. The molecule has 3 nitrogen and oxygen atoms in total. The number of hydrogen-bond donors (Lipinski definition) is 0. The summed E-state index contributed by atoms with van der Waals surface area (Å²) in [6.45, 7) is 0. The van der Waals surface area contributed by atoms with Gasteiger partial charge in [0.15, 0.2) is 0 Å². The number of rotatable bonds is 7. The minimum atomic E-state index is 0.877. The van der Waals surface area contributed by atoms with Gasteiger partial charge in [0.05, 0.1) is 5.69 Å². The summed E-state index contributed by atoms with van der Waals surface area (Å²) in [5.41, 5.74) is 15.7. The highest BCUT2D eigenvalue weighted by Gasteiger charge is 2.22. The van der Waals surface area contributed by atoms with Crippen molar-refractivity contribution in [2.45, 2.75) is 0 Å². The van der Waals surface area contributed by atoms with Crippen LogP contribution in [-0.2, 0) is 0 Å². The number of anilines is 3. The average molecular weight is 830 g/mol. The molecule has 0 radical (unpaired) electrons. The van der Waals surface area contributed by atoms with Crippen LogP contribution in [0.5, 0.6) is 0 Å². The Morgan fingerprint density at radius 2 is 0.785 bits per heavy atom. The van der Waals surface area contributed by atoms with Gasteiger partial charge in [-0.05, 0) is 98.6 Å². The van der Waals surface area contributed by atoms with Crippen LogP contribution >= 0.6 is 0 Å². The van der Waals surface area contributed by atoms with Gasteiger partial charge in [-0.15, -0.1) is 0 Å². The summed E-state index contributed by atoms with van der Waals surface area (Å²) in [6.07, 6.45) is 0. The van der Waals surface area contributed by atoms with E-state index in [-0.39, 0.29) is 0 Å². The maximum absolute atomic E-state index is 6.92. The van der Waals surface area contributed by atoms with Gasteiger partial charge in [-0.2, -0.15) is 0 Å². The van der Waals surface area contributed by atoms with Gasteiger partial charge in [0, 0.05) is 55.0 Å². The van der Waals surface area contributed by atoms with E-state index in [9.17, 15) is 0 Å². The third-order valence-electron chi connectivity index (χ3n) is 13.1. The van der Waals surface area contributed by atoms with Crippen LogP contribution in [0.3, 0.4) is 0 Å². The molecule has 0 spiro atoms. The first kappa shape index (κ1) is 36.9. The number of benzene rings is 11. The van der Waals surface area contributed by atoms with Gasteiger partial charge in [0.1, 0.15) is 22.3 Å². The lowest BCUT2D eigenvalue weighted by atomic mass is 9.96. The topological polar surface area (TPSA) is 29.5 Å². The van der Waals surface area contributed by atoms with E-state index in [1.807, 2.05) is 12.1 Å². The van der Waals surface area contributed by atoms with Crippen LogP contribution in [0.1, 0.15) is 0 Å². The van der Waals surface area contributed by atoms with E-state index in [4.69, 9.17) is 8.83 Å². The van der Waals surface area contributed by atoms with E-state index in [2.05, 4.69) is 229 Å². The van der Waals surface area contributed by atoms with Crippen molar-refractivity contribution in [1.29, 1.82) is 0 Å². The van der Waals surface area contributed by atoms with Crippen molar-refractivity contribution >= 4 is 82.5 Å². The van der Waals surface area contributed by atoms with E-state index in [1.165, 1.54) is 27.5 Å². The lowest BCUT2D eigenvalue weighted by molar-refractivity contribution is 0.670. The van der Waals surface area contributed by atoms with E-state index in [0.29, 0.717) is 0 Å². The van der Waals surface area contributed by atoms with Crippen LogP contribution in [0.4, 0.5) is 17.1 Å². The SMILES string of the molecule is c1cc(-c2ccc(N(c3ccc(-c4cccc5c4oc4ccccc45)cc3)c3ccccc3-c3cccc4c3oc3c5ccccc5ccc43)cc2)cc(-c2ccc3ccccc3c2)c1. The molecule has 13 rings (SSSR count). The summed E-state index contributed by atoms with van der Waals surface area (Å²) in [5, 5.41) is 9.22. The summed E-state index contributed by atoms with van der Waals surface area (Å²) in [4.78, 5) is 2.37. The van der Waals surface area contributed by atoms with Crippen molar-refractivity contribution in [1.82, 2.24) is 0 Å². The summed E-state index contributed by atoms with van der Waals surface area (Å²) in [5.74, 6) is 0. The maximum atomic E-state index is 6.92. The van der Waals surface area contributed by atoms with Gasteiger partial charge in [-0.25, -0.2) is 0 Å². The number of hydrogen-bond acceptors (Lipinski definition) is 3. The second kappa shape index (κ2) is 15.0. The fourth-order valence-electron chi connectivity index (χ4n) is 9.88. The minimum Gasteiger partial charge on any atom is -0.455 e. The predicted molar refractivity (Wildman–Crippen MR) is 272 cm³/mol. The average Bonchev–Trinajstić information content (AvgIpc) is 3.96. The van der Waals surface area contributed by atoms with Crippen molar-refractivity contribution in [3.05, 3.63) is 237 Å². The first-order valence-electron chi connectivity index (χ1n) is 22.1. The van der Waals surface area contributed by atoms with Gasteiger partial charge < -0.3 is 13.7 Å². The molecule has 0 amide bonds. The Hall–Kier alpha value is -8.66. The lowest BCUT2D eigenvalue weighted by Crippen LogP contribution is -2.11. The van der Waals surface area contributed by atoms with Gasteiger partial charge >= 0.3 is 0 Å². The molecule has 0 unspecified atom stereocenters. The normalized spacial score (nSPS) is 11.7. The lowest BCUT2D eigenvalue weighted by Gasteiger charge is -2.28. The monoisotopic (exact) mass is 829 g/mol. The molecule has 0 saturated carbocycles. The van der Waals surface area contributed by atoms with Crippen molar-refractivity contribution in [2.75, 3.05) is 4.90 Å². The van der Waals surface area contributed by atoms with Crippen molar-refractivity contribution < 1.29 is 8.83 Å². The Bertz CT molecular complexity index is 3950. The maximum Gasteiger partial charge on any atom is 0.143 e. The first-order chi connectivity index (χ1) is 32.2. The van der Waals surface area contributed by atoms with Crippen LogP contribution < -0.4 is 4.90 Å². The highest BCUT2D eigenvalue weighted by atomic mass is 16.3. The molecule has 0 aliphatic carbocycles. The van der Waals surface area contributed by atoms with Gasteiger partial charge in [0.25, 0.3) is 0 Å². The predicted octanol–water partition coefficient (Wildman–Crippen LogP) is 17.9. The van der Waals surface area contributed by atoms with Gasteiger partial charge in [0.2, 0.25) is 0 Å². The Labute approximate surface area is 375 Å². The third-order valence-corrected chi connectivity index (χ3v) is 13.1. The van der Waals surface area contributed by atoms with Crippen LogP contribution in [0.25, 0.3) is 110 Å². The molecule has 11 aromatic carbocycles. The number of fused-ring (bicyclic) bond motifs is 9. The Balaban J connectivity index is 0.944. The van der Waals surface area contributed by atoms with Gasteiger partial charge in [-0.1, -0.05) is 182 Å². The fraction of sp³-hybridized carbons (Fsp3) is 0. The molecule has 65 heavy (non-hydrogen) atoms. The summed E-state index contributed by atoms with van der Waals surface area (Å²) >= 11 is 0. The van der Waals surface area contributed by atoms with Crippen LogP contribution in [0, 0.1) is 0 Å². The van der Waals surface area contributed by atoms with E-state index in [0.717, 1.165) is 99.5 Å². The zero-order valence-corrected chi connectivity index (χ0v) is 35.3. The van der Waals surface area contributed by atoms with E-state index >= 15 is 0 Å². The molecule has 3 heteroatoms. The quantitative estimate of drug-likeness (QED) is 0.160. The number of furan rings is 2.